The number of halogens is 2. The van der Waals surface area contributed by atoms with Gasteiger partial charge in [0.1, 0.15) is 10.4 Å². The first kappa shape index (κ1) is 14.5. The molecule has 16 heavy (non-hydrogen) atoms. The third kappa shape index (κ3) is 4.00. The Morgan fingerprint density at radius 1 is 1.50 bits per heavy atom. The minimum atomic E-state index is -0.368. The molecule has 0 radical (unpaired) electrons. The van der Waals surface area contributed by atoms with E-state index in [2.05, 4.69) is 37.2 Å². The van der Waals surface area contributed by atoms with E-state index in [1.165, 1.54) is 0 Å². The Morgan fingerprint density at radius 2 is 2.06 bits per heavy atom. The summed E-state index contributed by atoms with van der Waals surface area (Å²) in [5, 5.41) is 3.89. The zero-order chi connectivity index (χ0) is 12.2. The van der Waals surface area contributed by atoms with E-state index in [0.717, 1.165) is 25.9 Å². The van der Waals surface area contributed by atoms with Gasteiger partial charge >= 0.3 is 5.97 Å². The number of rotatable bonds is 4. The fourth-order valence-electron chi connectivity index (χ4n) is 1.99. The van der Waals surface area contributed by atoms with E-state index < -0.39 is 0 Å². The van der Waals surface area contributed by atoms with E-state index in [0.29, 0.717) is 11.2 Å². The molecule has 94 valence electrons. The maximum Gasteiger partial charge on any atom is 0.321 e. The topological polar surface area (TPSA) is 38.3 Å². The van der Waals surface area contributed by atoms with Crippen LogP contribution in [0.25, 0.3) is 0 Å². The molecule has 1 aliphatic rings. The highest BCUT2D eigenvalue weighted by atomic mass is 79.9. The van der Waals surface area contributed by atoms with Gasteiger partial charge in [0.2, 0.25) is 0 Å². The number of carbonyl (C=O) groups excluding carboxylic acids is 1. The summed E-state index contributed by atoms with van der Waals surface area (Å²) in [6.07, 6.45) is 2.14. The number of hydrogen-bond acceptors (Lipinski definition) is 3. The summed E-state index contributed by atoms with van der Waals surface area (Å²) < 4.78 is 5.59. The van der Waals surface area contributed by atoms with Crippen molar-refractivity contribution in [2.45, 2.75) is 37.1 Å². The lowest BCUT2D eigenvalue weighted by Gasteiger charge is -2.37. The smallest absolute Gasteiger partial charge is 0.321 e. The first-order chi connectivity index (χ1) is 7.47. The lowest BCUT2D eigenvalue weighted by atomic mass is 9.83. The Labute approximate surface area is 114 Å². The van der Waals surface area contributed by atoms with Crippen LogP contribution in [-0.4, -0.2) is 34.8 Å². The average molecular weight is 357 g/mol. The highest BCUT2D eigenvalue weighted by molar-refractivity contribution is 9.12. The van der Waals surface area contributed by atoms with Crippen LogP contribution in [0.1, 0.15) is 26.7 Å². The number of carbonyl (C=O) groups is 1. The molecule has 1 N–H and O–H groups in total. The van der Waals surface area contributed by atoms with Crippen LogP contribution in [0.5, 0.6) is 0 Å². The Morgan fingerprint density at radius 3 is 2.56 bits per heavy atom. The van der Waals surface area contributed by atoms with Gasteiger partial charge in [0.05, 0.1) is 0 Å². The minimum Gasteiger partial charge on any atom is -0.459 e. The number of ether oxygens (including phenoxy) is 1. The van der Waals surface area contributed by atoms with Crippen molar-refractivity contribution in [1.29, 1.82) is 0 Å². The Bertz CT molecular complexity index is 240. The van der Waals surface area contributed by atoms with Crippen LogP contribution in [0.4, 0.5) is 0 Å². The van der Waals surface area contributed by atoms with Crippen LogP contribution < -0.4 is 5.32 Å². The van der Waals surface area contributed by atoms with Gasteiger partial charge in [-0.1, -0.05) is 31.9 Å². The molecule has 1 unspecified atom stereocenters. The van der Waals surface area contributed by atoms with Gasteiger partial charge in [-0.25, -0.2) is 0 Å². The third-order valence-corrected chi connectivity index (χ3v) is 5.29. The number of alkyl halides is 2. The zero-order valence-electron chi connectivity index (χ0n) is 9.76. The molecule has 0 amide bonds. The van der Waals surface area contributed by atoms with Crippen molar-refractivity contribution in [2.24, 2.45) is 5.92 Å². The Balaban J connectivity index is 2.52. The molecule has 0 aromatic heterocycles. The van der Waals surface area contributed by atoms with Gasteiger partial charge in [0.15, 0.2) is 0 Å². The predicted molar refractivity (Wildman–Crippen MR) is 72.3 cm³/mol. The van der Waals surface area contributed by atoms with Crippen molar-refractivity contribution in [3.05, 3.63) is 0 Å². The summed E-state index contributed by atoms with van der Waals surface area (Å²) in [6, 6.07) is 0. The molecule has 1 atom stereocenters. The van der Waals surface area contributed by atoms with Crippen LogP contribution in [0.2, 0.25) is 0 Å². The summed E-state index contributed by atoms with van der Waals surface area (Å²) in [5.74, 6) is 0.271. The van der Waals surface area contributed by atoms with Gasteiger partial charge in [-0.2, -0.15) is 0 Å². The highest BCUT2D eigenvalue weighted by Gasteiger charge is 2.35. The minimum absolute atomic E-state index is 0.180. The van der Waals surface area contributed by atoms with E-state index in [1.54, 1.807) is 0 Å². The lowest BCUT2D eigenvalue weighted by Crippen LogP contribution is -2.44. The number of esters is 1. The largest absolute Gasteiger partial charge is 0.459 e. The molecule has 0 aromatic rings. The summed E-state index contributed by atoms with van der Waals surface area (Å²) in [5.41, 5.74) is -0.368. The maximum absolute atomic E-state index is 11.7. The van der Waals surface area contributed by atoms with Crippen molar-refractivity contribution < 1.29 is 9.53 Å². The summed E-state index contributed by atoms with van der Waals surface area (Å²) in [6.45, 7) is 6.05. The van der Waals surface area contributed by atoms with E-state index in [-0.39, 0.29) is 16.4 Å². The van der Waals surface area contributed by atoms with Crippen molar-refractivity contribution in [2.75, 3.05) is 18.4 Å². The first-order valence-electron chi connectivity index (χ1n) is 5.61. The SMILES string of the molecule is CC(C)(OC(=O)C(Br)CBr)C1CCNCC1. The second-order valence-corrected chi connectivity index (χ2v) is 6.42. The second-order valence-electron chi connectivity index (χ2n) is 4.67. The fraction of sp³-hybridized carbons (Fsp3) is 0.909. The molecule has 1 heterocycles. The first-order valence-corrected chi connectivity index (χ1v) is 7.64. The van der Waals surface area contributed by atoms with Crippen molar-refractivity contribution >= 4 is 37.8 Å². The number of nitrogens with one attached hydrogen (secondary N) is 1. The van der Waals surface area contributed by atoms with Gasteiger partial charge in [-0.05, 0) is 39.8 Å². The molecule has 0 aliphatic carbocycles. The standard InChI is InChI=1S/C11H19Br2NO2/c1-11(2,8-3-5-14-6-4-8)16-10(15)9(13)7-12/h8-9,14H,3-7H2,1-2H3. The van der Waals surface area contributed by atoms with Crippen molar-refractivity contribution in [3.8, 4) is 0 Å². The predicted octanol–water partition coefficient (Wildman–Crippen LogP) is 2.47. The van der Waals surface area contributed by atoms with Gasteiger partial charge in [0, 0.05) is 11.2 Å². The molecule has 1 fully saturated rings. The molecular weight excluding hydrogens is 338 g/mol. The van der Waals surface area contributed by atoms with Crippen LogP contribution in [0, 0.1) is 5.92 Å². The molecule has 0 bridgehead atoms. The zero-order valence-corrected chi connectivity index (χ0v) is 12.9. The van der Waals surface area contributed by atoms with E-state index in [4.69, 9.17) is 4.74 Å². The molecule has 0 aromatic carbocycles. The van der Waals surface area contributed by atoms with Crippen molar-refractivity contribution in [3.63, 3.8) is 0 Å². The number of hydrogen-bond donors (Lipinski definition) is 1. The van der Waals surface area contributed by atoms with Crippen LogP contribution in [0.3, 0.4) is 0 Å². The second kappa shape index (κ2) is 6.36. The molecule has 1 saturated heterocycles. The average Bonchev–Trinajstić information content (AvgIpc) is 2.28. The molecule has 0 spiro atoms. The van der Waals surface area contributed by atoms with Crippen LogP contribution >= 0.6 is 31.9 Å². The molecule has 3 nitrogen and oxygen atoms in total. The van der Waals surface area contributed by atoms with Gasteiger partial charge in [0.25, 0.3) is 0 Å². The molecular formula is C11H19Br2NO2. The van der Waals surface area contributed by atoms with Gasteiger partial charge in [-0.15, -0.1) is 0 Å². The summed E-state index contributed by atoms with van der Waals surface area (Å²) in [4.78, 5) is 11.5. The van der Waals surface area contributed by atoms with Gasteiger partial charge < -0.3 is 10.1 Å². The summed E-state index contributed by atoms with van der Waals surface area (Å²) >= 11 is 6.55. The Hall–Kier alpha value is 0.390. The van der Waals surface area contributed by atoms with Crippen LogP contribution in [0.15, 0.2) is 0 Å². The van der Waals surface area contributed by atoms with E-state index in [1.807, 2.05) is 13.8 Å². The fourth-order valence-corrected chi connectivity index (χ4v) is 2.34. The molecule has 1 aliphatic heterocycles. The quantitative estimate of drug-likeness (QED) is 0.621. The normalized spacial score (nSPS) is 20.5. The molecule has 0 saturated carbocycles. The van der Waals surface area contributed by atoms with Crippen molar-refractivity contribution in [1.82, 2.24) is 5.32 Å². The van der Waals surface area contributed by atoms with E-state index >= 15 is 0 Å². The Kier molecular flexibility index (Phi) is 5.74. The monoisotopic (exact) mass is 355 g/mol. The van der Waals surface area contributed by atoms with Crippen LogP contribution in [-0.2, 0) is 9.53 Å². The highest BCUT2D eigenvalue weighted by Crippen LogP contribution is 2.29. The lowest BCUT2D eigenvalue weighted by molar-refractivity contribution is -0.161. The van der Waals surface area contributed by atoms with E-state index in [9.17, 15) is 4.79 Å². The number of piperidine rings is 1. The summed E-state index contributed by atoms with van der Waals surface area (Å²) in [7, 11) is 0. The van der Waals surface area contributed by atoms with Gasteiger partial charge in [-0.3, -0.25) is 4.79 Å². The molecule has 1 rings (SSSR count). The maximum atomic E-state index is 11.7. The third-order valence-electron chi connectivity index (χ3n) is 3.08. The molecule has 5 heteroatoms.